The summed E-state index contributed by atoms with van der Waals surface area (Å²) in [6, 6.07) is 1.09. The lowest BCUT2D eigenvalue weighted by atomic mass is 9.90. The highest BCUT2D eigenvalue weighted by Gasteiger charge is 2.53. The van der Waals surface area contributed by atoms with Crippen molar-refractivity contribution in [2.45, 2.75) is 63.1 Å². The summed E-state index contributed by atoms with van der Waals surface area (Å²) in [6.45, 7) is 3.06. The summed E-state index contributed by atoms with van der Waals surface area (Å²) in [7, 11) is 2.15. The Labute approximate surface area is 116 Å². The van der Waals surface area contributed by atoms with E-state index in [1.165, 1.54) is 25.7 Å². The van der Waals surface area contributed by atoms with E-state index in [9.17, 15) is 4.79 Å². The first-order chi connectivity index (χ1) is 9.03. The SMILES string of the molecule is CC(C1CC1)N(C)CC(NC1CC1)(C(N)=O)C1CC1. The Morgan fingerprint density at radius 3 is 2.37 bits per heavy atom. The molecule has 0 aromatic carbocycles. The second-order valence-corrected chi connectivity index (χ2v) is 7.02. The van der Waals surface area contributed by atoms with Crippen LogP contribution >= 0.6 is 0 Å². The topological polar surface area (TPSA) is 58.4 Å². The van der Waals surface area contributed by atoms with Crippen molar-refractivity contribution < 1.29 is 4.79 Å². The van der Waals surface area contributed by atoms with Gasteiger partial charge in [0.2, 0.25) is 5.91 Å². The number of likely N-dealkylation sites (N-methyl/N-ethyl adjacent to an activating group) is 1. The van der Waals surface area contributed by atoms with Gasteiger partial charge < -0.3 is 10.6 Å². The molecule has 0 heterocycles. The van der Waals surface area contributed by atoms with Crippen molar-refractivity contribution in [1.29, 1.82) is 0 Å². The van der Waals surface area contributed by atoms with Crippen molar-refractivity contribution in [3.8, 4) is 0 Å². The van der Waals surface area contributed by atoms with Gasteiger partial charge in [0, 0.05) is 18.6 Å². The molecule has 0 radical (unpaired) electrons. The van der Waals surface area contributed by atoms with Crippen LogP contribution in [0.15, 0.2) is 0 Å². The van der Waals surface area contributed by atoms with Crippen molar-refractivity contribution >= 4 is 5.91 Å². The van der Waals surface area contributed by atoms with Crippen LogP contribution in [-0.2, 0) is 4.79 Å². The Bertz CT molecular complexity index is 360. The number of amides is 1. The zero-order valence-electron chi connectivity index (χ0n) is 12.2. The van der Waals surface area contributed by atoms with Crippen molar-refractivity contribution in [3.63, 3.8) is 0 Å². The van der Waals surface area contributed by atoms with Crippen LogP contribution in [0.25, 0.3) is 0 Å². The minimum Gasteiger partial charge on any atom is -0.368 e. The molecule has 0 bridgehead atoms. The van der Waals surface area contributed by atoms with Crippen molar-refractivity contribution in [1.82, 2.24) is 10.2 Å². The second kappa shape index (κ2) is 4.74. The molecule has 0 aliphatic heterocycles. The lowest BCUT2D eigenvalue weighted by Gasteiger charge is -2.38. The van der Waals surface area contributed by atoms with Crippen molar-refractivity contribution in [2.24, 2.45) is 17.6 Å². The Morgan fingerprint density at radius 1 is 1.32 bits per heavy atom. The van der Waals surface area contributed by atoms with E-state index in [-0.39, 0.29) is 5.91 Å². The van der Waals surface area contributed by atoms with Crippen LogP contribution < -0.4 is 11.1 Å². The van der Waals surface area contributed by atoms with Crippen LogP contribution in [0.3, 0.4) is 0 Å². The zero-order valence-corrected chi connectivity index (χ0v) is 12.2. The molecule has 108 valence electrons. The molecule has 3 N–H and O–H groups in total. The van der Waals surface area contributed by atoms with E-state index in [1.54, 1.807) is 0 Å². The summed E-state index contributed by atoms with van der Waals surface area (Å²) in [6.07, 6.45) is 7.37. The predicted octanol–water partition coefficient (Wildman–Crippen LogP) is 1.10. The molecule has 3 aliphatic rings. The minimum absolute atomic E-state index is 0.142. The lowest BCUT2D eigenvalue weighted by molar-refractivity contribution is -0.126. The summed E-state index contributed by atoms with van der Waals surface area (Å²) < 4.78 is 0. The van der Waals surface area contributed by atoms with Crippen LogP contribution in [0.1, 0.15) is 45.4 Å². The van der Waals surface area contributed by atoms with Crippen LogP contribution in [0.5, 0.6) is 0 Å². The highest BCUT2D eigenvalue weighted by molar-refractivity contribution is 5.86. The molecule has 19 heavy (non-hydrogen) atoms. The van der Waals surface area contributed by atoms with Crippen molar-refractivity contribution in [2.75, 3.05) is 13.6 Å². The molecule has 3 saturated carbocycles. The Balaban J connectivity index is 1.71. The maximum Gasteiger partial charge on any atom is 0.239 e. The second-order valence-electron chi connectivity index (χ2n) is 7.02. The molecule has 3 rings (SSSR count). The molecule has 4 nitrogen and oxygen atoms in total. The van der Waals surface area contributed by atoms with E-state index >= 15 is 0 Å². The first-order valence-electron chi connectivity index (χ1n) is 7.81. The molecule has 3 aliphatic carbocycles. The van der Waals surface area contributed by atoms with Gasteiger partial charge in [-0.25, -0.2) is 0 Å². The van der Waals surface area contributed by atoms with E-state index in [0.717, 1.165) is 25.3 Å². The number of primary amides is 1. The fourth-order valence-electron chi connectivity index (χ4n) is 3.29. The van der Waals surface area contributed by atoms with E-state index in [4.69, 9.17) is 5.73 Å². The Hall–Kier alpha value is -0.610. The highest BCUT2D eigenvalue weighted by atomic mass is 16.1. The zero-order chi connectivity index (χ0) is 13.6. The molecule has 0 aromatic rings. The third-order valence-electron chi connectivity index (χ3n) is 5.25. The summed E-state index contributed by atoms with van der Waals surface area (Å²) in [4.78, 5) is 14.5. The Kier molecular flexibility index (Phi) is 3.34. The van der Waals surface area contributed by atoms with Gasteiger partial charge in [-0.2, -0.15) is 0 Å². The summed E-state index contributed by atoms with van der Waals surface area (Å²) in [5, 5.41) is 3.59. The van der Waals surface area contributed by atoms with E-state index < -0.39 is 5.54 Å². The lowest BCUT2D eigenvalue weighted by Crippen LogP contribution is -2.64. The standard InChI is InChI=1S/C15H27N3O/c1-10(11-3-4-11)18(2)9-15(14(16)19,12-5-6-12)17-13-7-8-13/h10-13,17H,3-9H2,1-2H3,(H2,16,19). The number of nitrogens with zero attached hydrogens (tertiary/aromatic N) is 1. The van der Waals surface area contributed by atoms with Crippen LogP contribution in [0.4, 0.5) is 0 Å². The first kappa shape index (κ1) is 13.4. The number of carbonyl (C=O) groups is 1. The van der Waals surface area contributed by atoms with Gasteiger partial charge in [0.1, 0.15) is 5.54 Å². The average Bonchev–Trinajstić information content (AvgIpc) is 3.22. The molecule has 0 saturated heterocycles. The van der Waals surface area contributed by atoms with Gasteiger partial charge in [0.25, 0.3) is 0 Å². The molecule has 0 aromatic heterocycles. The largest absolute Gasteiger partial charge is 0.368 e. The molecule has 0 spiro atoms. The van der Waals surface area contributed by atoms with Crippen LogP contribution in [-0.4, -0.2) is 42.0 Å². The third-order valence-corrected chi connectivity index (χ3v) is 5.25. The summed E-state index contributed by atoms with van der Waals surface area (Å²) in [5.41, 5.74) is 5.33. The molecule has 3 fully saturated rings. The van der Waals surface area contributed by atoms with E-state index in [1.807, 2.05) is 0 Å². The normalized spacial score (nSPS) is 28.2. The highest BCUT2D eigenvalue weighted by Crippen LogP contribution is 2.43. The van der Waals surface area contributed by atoms with Crippen LogP contribution in [0.2, 0.25) is 0 Å². The van der Waals surface area contributed by atoms with Crippen LogP contribution in [0, 0.1) is 11.8 Å². The van der Waals surface area contributed by atoms with Crippen molar-refractivity contribution in [3.05, 3.63) is 0 Å². The number of nitrogens with two attached hydrogens (primary N) is 1. The number of hydrogen-bond donors (Lipinski definition) is 2. The van der Waals surface area contributed by atoms with Gasteiger partial charge >= 0.3 is 0 Å². The maximum absolute atomic E-state index is 12.1. The first-order valence-corrected chi connectivity index (χ1v) is 7.81. The Morgan fingerprint density at radius 2 is 1.95 bits per heavy atom. The maximum atomic E-state index is 12.1. The van der Waals surface area contributed by atoms with Gasteiger partial charge in [0.15, 0.2) is 0 Å². The quantitative estimate of drug-likeness (QED) is 0.691. The van der Waals surface area contributed by atoms with Gasteiger partial charge in [-0.05, 0) is 64.3 Å². The minimum atomic E-state index is -0.473. The number of nitrogens with one attached hydrogen (secondary N) is 1. The van der Waals surface area contributed by atoms with E-state index in [2.05, 4.69) is 24.2 Å². The fourth-order valence-corrected chi connectivity index (χ4v) is 3.29. The van der Waals surface area contributed by atoms with Gasteiger partial charge in [-0.15, -0.1) is 0 Å². The monoisotopic (exact) mass is 265 g/mol. The fraction of sp³-hybridized carbons (Fsp3) is 0.933. The molecule has 1 amide bonds. The molecule has 4 heteroatoms. The number of carbonyl (C=O) groups excluding carboxylic acids is 1. The van der Waals surface area contributed by atoms with Gasteiger partial charge in [-0.1, -0.05) is 0 Å². The van der Waals surface area contributed by atoms with E-state index in [0.29, 0.717) is 18.0 Å². The number of rotatable bonds is 8. The van der Waals surface area contributed by atoms with Gasteiger partial charge in [0.05, 0.1) is 0 Å². The average molecular weight is 265 g/mol. The molecular weight excluding hydrogens is 238 g/mol. The van der Waals surface area contributed by atoms with Gasteiger partial charge in [-0.3, -0.25) is 10.1 Å². The summed E-state index contributed by atoms with van der Waals surface area (Å²) in [5.74, 6) is 1.15. The summed E-state index contributed by atoms with van der Waals surface area (Å²) >= 11 is 0. The molecule has 2 unspecified atom stereocenters. The third kappa shape index (κ3) is 2.79. The molecule has 2 atom stereocenters. The predicted molar refractivity (Wildman–Crippen MR) is 75.6 cm³/mol. The molecular formula is C15H27N3O. The smallest absolute Gasteiger partial charge is 0.239 e. The number of hydrogen-bond acceptors (Lipinski definition) is 3.